The number of rotatable bonds is 6. The summed E-state index contributed by atoms with van der Waals surface area (Å²) in [5.41, 5.74) is 7.46. The van der Waals surface area contributed by atoms with Crippen molar-refractivity contribution in [3.63, 3.8) is 0 Å². The molecule has 3 aromatic carbocycles. The van der Waals surface area contributed by atoms with Crippen molar-refractivity contribution in [1.82, 2.24) is 0 Å². The average molecular weight is 595 g/mol. The Labute approximate surface area is 230 Å². The Morgan fingerprint density at radius 3 is 2.23 bits per heavy atom. The highest BCUT2D eigenvalue weighted by molar-refractivity contribution is 6.54. The van der Waals surface area contributed by atoms with Crippen molar-refractivity contribution < 1.29 is 14.0 Å². The van der Waals surface area contributed by atoms with E-state index < -0.39 is 27.9 Å². The van der Waals surface area contributed by atoms with E-state index in [1.165, 1.54) is 24.3 Å². The maximum absolute atomic E-state index is 13.3. The quantitative estimate of drug-likeness (QED) is 0.132. The van der Waals surface area contributed by atoms with E-state index in [9.17, 15) is 14.0 Å². The number of nitrogens with two attached hydrogens (primary N) is 1. The number of carbonyl (C=O) groups is 2. The number of ketones is 1. The van der Waals surface area contributed by atoms with Crippen LogP contribution in [-0.4, -0.2) is 16.0 Å². The monoisotopic (exact) mass is 592 g/mol. The van der Waals surface area contributed by atoms with E-state index in [4.69, 9.17) is 75.3 Å². The number of amides is 1. The van der Waals surface area contributed by atoms with Gasteiger partial charge < -0.3 is 11.1 Å². The van der Waals surface area contributed by atoms with Gasteiger partial charge in [-0.1, -0.05) is 52.5 Å². The third kappa shape index (κ3) is 5.36. The Balaban J connectivity index is 1.52. The number of nitrogen functional groups attached to an aromatic ring is 1. The molecule has 1 saturated carbocycles. The molecular weight excluding hydrogens is 580 g/mol. The second kappa shape index (κ2) is 9.97. The molecule has 3 aromatic rings. The number of carbonyl (C=O) groups excluding carboxylic acids is 2. The molecule has 2 atom stereocenters. The van der Waals surface area contributed by atoms with Gasteiger partial charge in [-0.05, 0) is 53.6 Å². The van der Waals surface area contributed by atoms with Crippen LogP contribution in [0.1, 0.15) is 27.4 Å². The summed E-state index contributed by atoms with van der Waals surface area (Å²) in [7, 11) is 0. The molecule has 0 spiro atoms. The lowest BCUT2D eigenvalue weighted by Gasteiger charge is -2.10. The van der Waals surface area contributed by atoms with Crippen LogP contribution >= 0.6 is 69.6 Å². The van der Waals surface area contributed by atoms with Gasteiger partial charge in [0.25, 0.3) is 0 Å². The molecule has 3 N–H and O–H groups in total. The Hall–Kier alpha value is -1.73. The van der Waals surface area contributed by atoms with Gasteiger partial charge in [-0.15, -0.1) is 23.2 Å². The van der Waals surface area contributed by atoms with Gasteiger partial charge in [-0.25, -0.2) is 4.39 Å². The number of anilines is 2. The van der Waals surface area contributed by atoms with E-state index >= 15 is 0 Å². The first-order chi connectivity index (χ1) is 16.4. The zero-order valence-corrected chi connectivity index (χ0v) is 22.1. The van der Waals surface area contributed by atoms with Crippen LogP contribution in [0.3, 0.4) is 0 Å². The van der Waals surface area contributed by atoms with Crippen molar-refractivity contribution in [1.29, 1.82) is 0 Å². The van der Waals surface area contributed by atoms with Gasteiger partial charge in [0.2, 0.25) is 5.91 Å². The van der Waals surface area contributed by atoms with Gasteiger partial charge in [-0.2, -0.15) is 0 Å². The lowest BCUT2D eigenvalue weighted by molar-refractivity contribution is -0.117. The first-order valence-corrected chi connectivity index (χ1v) is 12.4. The number of nitrogens with one attached hydrogen (secondary N) is 1. The van der Waals surface area contributed by atoms with E-state index in [0.29, 0.717) is 16.8 Å². The smallest absolute Gasteiger partial charge is 0.231 e. The van der Waals surface area contributed by atoms with Gasteiger partial charge in [0.05, 0.1) is 26.0 Å². The van der Waals surface area contributed by atoms with E-state index in [2.05, 4.69) is 5.32 Å². The minimum atomic E-state index is -1.39. The van der Waals surface area contributed by atoms with Crippen molar-refractivity contribution in [3.05, 3.63) is 91.1 Å². The SMILES string of the molecule is Nc1cc(F)ccc1CC(=O)c1cc(NC(=O)[C@H]2[C@H](c3cc(Cl)c(Cl)c(Cl)c3)C2(Cl)Cl)ccc1Cl. The van der Waals surface area contributed by atoms with Crippen LogP contribution in [0.15, 0.2) is 48.5 Å². The lowest BCUT2D eigenvalue weighted by atomic mass is 10.0. The van der Waals surface area contributed by atoms with Crippen LogP contribution in [0.5, 0.6) is 0 Å². The summed E-state index contributed by atoms with van der Waals surface area (Å²) in [6.07, 6.45) is -0.0987. The molecule has 0 unspecified atom stereocenters. The fraction of sp³-hybridized carbons (Fsp3) is 0.167. The molecule has 4 nitrogen and oxygen atoms in total. The van der Waals surface area contributed by atoms with Crippen molar-refractivity contribution in [3.8, 4) is 0 Å². The maximum Gasteiger partial charge on any atom is 0.231 e. The highest BCUT2D eigenvalue weighted by Crippen LogP contribution is 2.65. The molecule has 1 aliphatic rings. The third-order valence-electron chi connectivity index (χ3n) is 5.69. The molecule has 0 aliphatic heterocycles. The third-order valence-corrected chi connectivity index (χ3v) is 8.16. The summed E-state index contributed by atoms with van der Waals surface area (Å²) in [6.45, 7) is 0. The van der Waals surface area contributed by atoms with Crippen molar-refractivity contribution in [2.75, 3.05) is 11.1 Å². The molecule has 35 heavy (non-hydrogen) atoms. The molecule has 4 rings (SSSR count). The lowest BCUT2D eigenvalue weighted by Crippen LogP contribution is -2.17. The molecule has 182 valence electrons. The summed E-state index contributed by atoms with van der Waals surface area (Å²) >= 11 is 37.2. The zero-order chi connectivity index (χ0) is 25.7. The molecule has 0 heterocycles. The summed E-state index contributed by atoms with van der Waals surface area (Å²) in [5, 5.41) is 3.53. The fourth-order valence-electron chi connectivity index (χ4n) is 3.85. The number of halogens is 7. The first-order valence-electron chi connectivity index (χ1n) is 10.1. The average Bonchev–Trinajstić information content (AvgIpc) is 3.37. The van der Waals surface area contributed by atoms with Crippen LogP contribution < -0.4 is 11.1 Å². The zero-order valence-electron chi connectivity index (χ0n) is 17.5. The van der Waals surface area contributed by atoms with Gasteiger partial charge in [0.1, 0.15) is 10.2 Å². The first kappa shape index (κ1) is 26.3. The van der Waals surface area contributed by atoms with Crippen molar-refractivity contribution in [2.45, 2.75) is 16.7 Å². The van der Waals surface area contributed by atoms with Crippen LogP contribution in [0, 0.1) is 11.7 Å². The van der Waals surface area contributed by atoms with Crippen LogP contribution in [0.4, 0.5) is 15.8 Å². The number of benzene rings is 3. The Bertz CT molecular complexity index is 1340. The van der Waals surface area contributed by atoms with E-state index in [1.807, 2.05) is 0 Å². The topological polar surface area (TPSA) is 72.2 Å². The van der Waals surface area contributed by atoms with Gasteiger partial charge in [0.15, 0.2) is 5.78 Å². The minimum absolute atomic E-state index is 0.0987. The Kier molecular flexibility index (Phi) is 7.50. The predicted octanol–water partition coefficient (Wildman–Crippen LogP) is 7.97. The Morgan fingerprint density at radius 1 is 0.943 bits per heavy atom. The maximum atomic E-state index is 13.3. The molecule has 0 bridgehead atoms. The van der Waals surface area contributed by atoms with E-state index in [1.54, 1.807) is 18.2 Å². The highest BCUT2D eigenvalue weighted by Gasteiger charge is 2.67. The van der Waals surface area contributed by atoms with Crippen LogP contribution in [-0.2, 0) is 11.2 Å². The van der Waals surface area contributed by atoms with Crippen molar-refractivity contribution in [2.24, 2.45) is 5.92 Å². The number of hydrogen-bond donors (Lipinski definition) is 2. The summed E-state index contributed by atoms with van der Waals surface area (Å²) in [4.78, 5) is 25.9. The predicted molar refractivity (Wildman–Crippen MR) is 141 cm³/mol. The minimum Gasteiger partial charge on any atom is -0.398 e. The molecule has 1 amide bonds. The van der Waals surface area contributed by atoms with Crippen LogP contribution in [0.2, 0.25) is 20.1 Å². The Morgan fingerprint density at radius 2 is 1.60 bits per heavy atom. The van der Waals surface area contributed by atoms with Crippen molar-refractivity contribution >= 4 is 92.7 Å². The summed E-state index contributed by atoms with van der Waals surface area (Å²) < 4.78 is 11.9. The van der Waals surface area contributed by atoms with E-state index in [-0.39, 0.29) is 43.5 Å². The second-order valence-electron chi connectivity index (χ2n) is 8.06. The molecule has 1 aliphatic carbocycles. The summed E-state index contributed by atoms with van der Waals surface area (Å²) in [5.74, 6) is -2.72. The van der Waals surface area contributed by atoms with Gasteiger partial charge in [-0.3, -0.25) is 9.59 Å². The van der Waals surface area contributed by atoms with E-state index in [0.717, 1.165) is 6.07 Å². The van der Waals surface area contributed by atoms with Gasteiger partial charge >= 0.3 is 0 Å². The molecule has 0 aromatic heterocycles. The molecule has 0 saturated heterocycles. The van der Waals surface area contributed by atoms with Crippen LogP contribution in [0.25, 0.3) is 0 Å². The second-order valence-corrected chi connectivity index (χ2v) is 11.1. The number of alkyl halides is 2. The van der Waals surface area contributed by atoms with Gasteiger partial charge in [0, 0.05) is 29.3 Å². The summed E-state index contributed by atoms with van der Waals surface area (Å²) in [6, 6.07) is 11.4. The highest BCUT2D eigenvalue weighted by atomic mass is 35.5. The number of Topliss-reactive ketones (excluding diaryl/α,β-unsaturated/α-hetero) is 1. The normalized spacial score (nSPS) is 18.3. The standard InChI is InChI=1S/C24H15Cl6FN2O2/c25-15-4-3-13(9-14(15)19(34)7-10-1-2-12(31)8-18(10)32)33-23(35)21-20(24(21,29)30)11-5-16(26)22(28)17(27)6-11/h1-6,8-9,20-21H,7,32H2,(H,33,35)/t20-,21+/m0/s1. The molecule has 1 fully saturated rings. The largest absolute Gasteiger partial charge is 0.398 e. The molecule has 0 radical (unpaired) electrons. The fourth-order valence-corrected chi connectivity index (χ4v) is 5.52. The molecular formula is C24H15Cl6FN2O2. The number of hydrogen-bond acceptors (Lipinski definition) is 3. The molecule has 11 heteroatoms.